The molecule has 24 heavy (non-hydrogen) atoms. The van der Waals surface area contributed by atoms with Gasteiger partial charge in [0.1, 0.15) is 5.03 Å². The number of hydrogen-bond donors (Lipinski definition) is 2. The molecule has 1 aromatic carbocycles. The van der Waals surface area contributed by atoms with Crippen LogP contribution >= 0.6 is 11.8 Å². The number of nitrogens with one attached hydrogen (secondary N) is 1. The van der Waals surface area contributed by atoms with Crippen LogP contribution in [0.1, 0.15) is 36.7 Å². The van der Waals surface area contributed by atoms with E-state index in [0.29, 0.717) is 10.7 Å². The van der Waals surface area contributed by atoms with Crippen LogP contribution in [0.25, 0.3) is 0 Å². The number of amides is 1. The maximum absolute atomic E-state index is 12.0. The largest absolute Gasteiger partial charge is 0.478 e. The Hall–Kier alpha value is -2.34. The molecule has 0 fully saturated rings. The van der Waals surface area contributed by atoms with Gasteiger partial charge in [0, 0.05) is 11.9 Å². The van der Waals surface area contributed by atoms with E-state index in [0.717, 1.165) is 11.8 Å². The molecular weight excluding hydrogens is 324 g/mol. The van der Waals surface area contributed by atoms with Crippen molar-refractivity contribution in [3.8, 4) is 0 Å². The number of carboxylic acids is 1. The van der Waals surface area contributed by atoms with Crippen LogP contribution in [0.2, 0.25) is 0 Å². The number of carbonyl (C=O) groups is 2. The molecule has 2 N–H and O–H groups in total. The summed E-state index contributed by atoms with van der Waals surface area (Å²) in [4.78, 5) is 27.2. The Kier molecular flexibility index (Phi) is 5.62. The van der Waals surface area contributed by atoms with Gasteiger partial charge < -0.3 is 10.4 Å². The molecule has 1 amide bonds. The molecule has 0 spiro atoms. The van der Waals surface area contributed by atoms with Gasteiger partial charge in [-0.05, 0) is 35.2 Å². The van der Waals surface area contributed by atoms with Crippen molar-refractivity contribution < 1.29 is 14.7 Å². The number of rotatable bonds is 5. The van der Waals surface area contributed by atoms with Crippen LogP contribution in [0.5, 0.6) is 0 Å². The normalized spacial score (nSPS) is 11.1. The first-order chi connectivity index (χ1) is 11.3. The third-order valence-corrected chi connectivity index (χ3v) is 4.38. The van der Waals surface area contributed by atoms with E-state index < -0.39 is 5.97 Å². The summed E-state index contributed by atoms with van der Waals surface area (Å²) in [6.07, 6.45) is 1.51. The molecule has 0 atom stereocenters. The van der Waals surface area contributed by atoms with Crippen molar-refractivity contribution in [3.05, 3.63) is 53.7 Å². The Morgan fingerprint density at radius 1 is 1.17 bits per heavy atom. The third-order valence-electron chi connectivity index (χ3n) is 3.38. The molecule has 5 nitrogen and oxygen atoms in total. The van der Waals surface area contributed by atoms with Crippen LogP contribution in [0.15, 0.2) is 47.6 Å². The Labute approximate surface area is 145 Å². The predicted molar refractivity (Wildman–Crippen MR) is 95.7 cm³/mol. The Bertz CT molecular complexity index is 737. The van der Waals surface area contributed by atoms with Gasteiger partial charge in [0.2, 0.25) is 5.91 Å². The standard InChI is InChI=1S/C18H20N2O3S/c1-18(2,3)12-6-8-13(9-7-12)20-15(21)11-24-16-14(17(22)23)5-4-10-19-16/h4-10H,11H2,1-3H3,(H,20,21)(H,22,23). The first-order valence-electron chi connectivity index (χ1n) is 7.49. The van der Waals surface area contributed by atoms with Crippen molar-refractivity contribution >= 4 is 29.3 Å². The van der Waals surface area contributed by atoms with E-state index in [1.165, 1.54) is 17.8 Å². The van der Waals surface area contributed by atoms with E-state index in [4.69, 9.17) is 5.11 Å². The smallest absolute Gasteiger partial charge is 0.338 e. The van der Waals surface area contributed by atoms with Crippen molar-refractivity contribution in [3.63, 3.8) is 0 Å². The average molecular weight is 344 g/mol. The molecule has 2 rings (SSSR count). The summed E-state index contributed by atoms with van der Waals surface area (Å²) in [7, 11) is 0. The summed E-state index contributed by atoms with van der Waals surface area (Å²) in [6.45, 7) is 6.39. The lowest BCUT2D eigenvalue weighted by atomic mass is 9.87. The molecule has 6 heteroatoms. The van der Waals surface area contributed by atoms with E-state index in [1.54, 1.807) is 6.07 Å². The summed E-state index contributed by atoms with van der Waals surface area (Å²) in [6, 6.07) is 10.7. The van der Waals surface area contributed by atoms with Gasteiger partial charge in [-0.2, -0.15) is 0 Å². The number of carboxylic acid groups (broad SMARTS) is 1. The Morgan fingerprint density at radius 3 is 2.42 bits per heavy atom. The molecule has 0 aliphatic carbocycles. The number of benzene rings is 1. The van der Waals surface area contributed by atoms with Crippen LogP contribution < -0.4 is 5.32 Å². The number of thioether (sulfide) groups is 1. The second-order valence-electron chi connectivity index (χ2n) is 6.33. The van der Waals surface area contributed by atoms with E-state index in [-0.39, 0.29) is 22.6 Å². The first-order valence-corrected chi connectivity index (χ1v) is 8.47. The zero-order valence-corrected chi connectivity index (χ0v) is 14.7. The molecule has 0 aliphatic rings. The number of hydrogen-bond acceptors (Lipinski definition) is 4. The van der Waals surface area contributed by atoms with E-state index >= 15 is 0 Å². The monoisotopic (exact) mass is 344 g/mol. The number of carbonyl (C=O) groups excluding carboxylic acids is 1. The molecule has 1 aromatic heterocycles. The molecule has 0 saturated carbocycles. The number of anilines is 1. The van der Waals surface area contributed by atoms with E-state index in [2.05, 4.69) is 31.1 Å². The summed E-state index contributed by atoms with van der Waals surface area (Å²) in [5.74, 6) is -1.16. The van der Waals surface area contributed by atoms with Crippen LogP contribution in [-0.4, -0.2) is 27.7 Å². The topological polar surface area (TPSA) is 79.3 Å². The van der Waals surface area contributed by atoms with Gasteiger partial charge in [0.15, 0.2) is 0 Å². The van der Waals surface area contributed by atoms with Gasteiger partial charge in [-0.3, -0.25) is 4.79 Å². The van der Waals surface area contributed by atoms with Crippen LogP contribution in [-0.2, 0) is 10.2 Å². The zero-order valence-electron chi connectivity index (χ0n) is 13.9. The zero-order chi connectivity index (χ0) is 17.7. The lowest BCUT2D eigenvalue weighted by Gasteiger charge is -2.19. The number of aromatic nitrogens is 1. The van der Waals surface area contributed by atoms with Gasteiger partial charge in [0.25, 0.3) is 0 Å². The van der Waals surface area contributed by atoms with Crippen molar-refractivity contribution in [2.24, 2.45) is 0 Å². The van der Waals surface area contributed by atoms with Gasteiger partial charge in [-0.15, -0.1) is 0 Å². The quantitative estimate of drug-likeness (QED) is 0.806. The average Bonchev–Trinajstić information content (AvgIpc) is 2.53. The second-order valence-corrected chi connectivity index (χ2v) is 7.29. The minimum absolute atomic E-state index is 0.0601. The van der Waals surface area contributed by atoms with Gasteiger partial charge in [0.05, 0.1) is 11.3 Å². The van der Waals surface area contributed by atoms with Crippen molar-refractivity contribution in [2.45, 2.75) is 31.2 Å². The third kappa shape index (κ3) is 4.83. The minimum atomic E-state index is -1.05. The van der Waals surface area contributed by atoms with Crippen molar-refractivity contribution in [1.29, 1.82) is 0 Å². The summed E-state index contributed by atoms with van der Waals surface area (Å²) >= 11 is 1.11. The molecule has 0 unspecified atom stereocenters. The molecule has 1 heterocycles. The highest BCUT2D eigenvalue weighted by Crippen LogP contribution is 2.24. The second kappa shape index (κ2) is 7.49. The highest BCUT2D eigenvalue weighted by atomic mass is 32.2. The fourth-order valence-electron chi connectivity index (χ4n) is 2.05. The molecule has 0 radical (unpaired) electrons. The highest BCUT2D eigenvalue weighted by Gasteiger charge is 2.14. The van der Waals surface area contributed by atoms with Crippen LogP contribution in [0.4, 0.5) is 5.69 Å². The summed E-state index contributed by atoms with van der Waals surface area (Å²) in [5, 5.41) is 12.2. The minimum Gasteiger partial charge on any atom is -0.478 e. The van der Waals surface area contributed by atoms with Crippen LogP contribution in [0.3, 0.4) is 0 Å². The molecular formula is C18H20N2O3S. The van der Waals surface area contributed by atoms with Crippen LogP contribution in [0, 0.1) is 0 Å². The number of pyridine rings is 1. The Balaban J connectivity index is 1.96. The lowest BCUT2D eigenvalue weighted by Crippen LogP contribution is -2.15. The number of nitrogens with zero attached hydrogens (tertiary/aromatic N) is 1. The maximum Gasteiger partial charge on any atom is 0.338 e. The van der Waals surface area contributed by atoms with Crippen molar-refractivity contribution in [2.75, 3.05) is 11.1 Å². The fourth-order valence-corrected chi connectivity index (χ4v) is 2.84. The van der Waals surface area contributed by atoms with Crippen molar-refractivity contribution in [1.82, 2.24) is 4.98 Å². The highest BCUT2D eigenvalue weighted by molar-refractivity contribution is 8.00. The SMILES string of the molecule is CC(C)(C)c1ccc(NC(=O)CSc2ncccc2C(=O)O)cc1. The molecule has 2 aromatic rings. The van der Waals surface area contributed by atoms with E-state index in [9.17, 15) is 9.59 Å². The van der Waals surface area contributed by atoms with E-state index in [1.807, 2.05) is 24.3 Å². The van der Waals surface area contributed by atoms with Gasteiger partial charge in [-0.25, -0.2) is 9.78 Å². The summed E-state index contributed by atoms with van der Waals surface area (Å²) < 4.78 is 0. The summed E-state index contributed by atoms with van der Waals surface area (Å²) in [5.41, 5.74) is 2.07. The number of aromatic carboxylic acids is 1. The van der Waals surface area contributed by atoms with Gasteiger partial charge >= 0.3 is 5.97 Å². The maximum atomic E-state index is 12.0. The molecule has 0 bridgehead atoms. The first kappa shape index (κ1) is 18.0. The molecule has 126 valence electrons. The predicted octanol–water partition coefficient (Wildman–Crippen LogP) is 3.81. The Morgan fingerprint density at radius 2 is 1.83 bits per heavy atom. The molecule has 0 aliphatic heterocycles. The fraction of sp³-hybridized carbons (Fsp3) is 0.278. The molecule has 0 saturated heterocycles. The lowest BCUT2D eigenvalue weighted by molar-refractivity contribution is -0.113. The van der Waals surface area contributed by atoms with Gasteiger partial charge in [-0.1, -0.05) is 44.7 Å².